The van der Waals surface area contributed by atoms with Crippen LogP contribution < -0.4 is 10.1 Å². The number of ether oxygens (including phenoxy) is 4. The summed E-state index contributed by atoms with van der Waals surface area (Å²) in [6, 6.07) is 9.94. The fraction of sp³-hybridized carbons (Fsp3) is 0.613. The maximum atomic E-state index is 15.2. The number of phenols is 1. The standard InChI is InChI=1S/C62H79NO13/c1-33-6-5-7-39-30-60-22-18-42-35(3)46(60)13-14-48-54(69)43(53(33)39)19-23-61(48,60)47(42)15-17-52(68)74-57-55(70)56-49(63-31-34(2)66)20-24-62(72,76-56)58(57)75-59(71)41(26-37-9-16-50(67)51(28-37)73-4)29-45-40(32-65)12-11-38-10-8-36(21-25-64)27-44(38)45/h8-10,13-14,16,18-20,22-24,26-28,33-35,39-40,42-43,45-49,53-58,63-67,69-70,72H,5-7,11-12,15,17,21,25,29-32H2,1-4H3. The highest BCUT2D eigenvalue weighted by Gasteiger charge is 2.72. The van der Waals surface area contributed by atoms with Crippen LogP contribution in [0, 0.1) is 70.0 Å². The van der Waals surface area contributed by atoms with E-state index in [-0.39, 0.29) is 90.6 Å². The highest BCUT2D eigenvalue weighted by Crippen LogP contribution is 2.76. The summed E-state index contributed by atoms with van der Waals surface area (Å²) < 4.78 is 24.4. The fourth-order valence-electron chi connectivity index (χ4n) is 17.1. The summed E-state index contributed by atoms with van der Waals surface area (Å²) in [6.45, 7) is 6.24. The number of carbonyl (C=O) groups is 2. The summed E-state index contributed by atoms with van der Waals surface area (Å²) >= 11 is 0. The summed E-state index contributed by atoms with van der Waals surface area (Å²) in [5.74, 6) is -2.43. The third-order valence-electron chi connectivity index (χ3n) is 20.4. The van der Waals surface area contributed by atoms with E-state index in [1.807, 2.05) is 18.2 Å². The van der Waals surface area contributed by atoms with Gasteiger partial charge < -0.3 is 60.0 Å². The average molecular weight is 1050 g/mol. The van der Waals surface area contributed by atoms with Gasteiger partial charge in [-0.1, -0.05) is 99.9 Å². The molecular formula is C62H79NO13. The van der Waals surface area contributed by atoms with Gasteiger partial charge in [-0.2, -0.15) is 0 Å². The van der Waals surface area contributed by atoms with Gasteiger partial charge in [0.25, 0.3) is 0 Å². The molecule has 14 nitrogen and oxygen atoms in total. The van der Waals surface area contributed by atoms with Crippen molar-refractivity contribution in [3.8, 4) is 11.5 Å². The maximum absolute atomic E-state index is 15.2. The van der Waals surface area contributed by atoms with Crippen LogP contribution >= 0.6 is 0 Å². The smallest absolute Gasteiger partial charge is 0.334 e. The first-order valence-corrected chi connectivity index (χ1v) is 28.3. The number of aromatic hydroxyl groups is 1. The third kappa shape index (κ3) is 8.85. The van der Waals surface area contributed by atoms with E-state index in [0.29, 0.717) is 60.8 Å². The number of rotatable bonds is 16. The van der Waals surface area contributed by atoms with Gasteiger partial charge in [0.2, 0.25) is 5.79 Å². The lowest BCUT2D eigenvalue weighted by Gasteiger charge is -2.73. The van der Waals surface area contributed by atoms with Gasteiger partial charge in [-0.3, -0.25) is 4.79 Å². The number of carbonyl (C=O) groups excluding carboxylic acids is 2. The van der Waals surface area contributed by atoms with E-state index >= 15 is 4.79 Å². The molecule has 4 fully saturated rings. The molecule has 410 valence electrons. The normalized spacial score (nSPS) is 41.6. The molecule has 2 spiro atoms. The third-order valence-corrected chi connectivity index (χ3v) is 20.4. The van der Waals surface area contributed by atoms with Gasteiger partial charge in [0, 0.05) is 54.4 Å². The van der Waals surface area contributed by atoms with Crippen molar-refractivity contribution < 1.29 is 64.3 Å². The van der Waals surface area contributed by atoms with Crippen molar-refractivity contribution >= 4 is 18.0 Å². The number of benzene rings is 2. The van der Waals surface area contributed by atoms with Gasteiger partial charge in [-0.15, -0.1) is 0 Å². The number of methoxy groups -OCH3 is 1. The summed E-state index contributed by atoms with van der Waals surface area (Å²) in [5.41, 5.74) is 2.86. The minimum absolute atomic E-state index is 0.0111. The second-order valence-corrected chi connectivity index (χ2v) is 24.4. The quantitative estimate of drug-likeness (QED) is 0.0530. The van der Waals surface area contributed by atoms with Crippen molar-refractivity contribution in [3.63, 3.8) is 0 Å². The molecule has 9 aliphatic carbocycles. The zero-order chi connectivity index (χ0) is 53.4. The van der Waals surface area contributed by atoms with Crippen LogP contribution in [-0.2, 0) is 36.6 Å². The molecule has 21 unspecified atom stereocenters. The van der Waals surface area contributed by atoms with Crippen molar-refractivity contribution in [2.75, 3.05) is 26.9 Å². The zero-order valence-electron chi connectivity index (χ0n) is 44.3. The van der Waals surface area contributed by atoms with Gasteiger partial charge >= 0.3 is 11.9 Å². The molecule has 1 saturated heterocycles. The first kappa shape index (κ1) is 53.4. The van der Waals surface area contributed by atoms with Crippen molar-refractivity contribution in [2.24, 2.45) is 70.0 Å². The number of fused-ring (bicyclic) bond motifs is 3. The minimum atomic E-state index is -2.38. The van der Waals surface area contributed by atoms with Crippen LogP contribution in [0.4, 0.5) is 0 Å². The molecule has 0 aromatic heterocycles. The fourth-order valence-corrected chi connectivity index (χ4v) is 17.1. The van der Waals surface area contributed by atoms with E-state index < -0.39 is 65.8 Å². The highest BCUT2D eigenvalue weighted by atomic mass is 16.7. The van der Waals surface area contributed by atoms with E-state index in [4.69, 9.17) is 18.9 Å². The highest BCUT2D eigenvalue weighted by molar-refractivity contribution is 5.94. The van der Waals surface area contributed by atoms with Crippen LogP contribution in [0.15, 0.2) is 90.6 Å². The predicted octanol–water partition coefficient (Wildman–Crippen LogP) is 6.24. The predicted molar refractivity (Wildman–Crippen MR) is 283 cm³/mol. The summed E-state index contributed by atoms with van der Waals surface area (Å²) in [5, 5.41) is 82.0. The summed E-state index contributed by atoms with van der Waals surface area (Å²) in [7, 11) is 1.42. The van der Waals surface area contributed by atoms with E-state index in [0.717, 1.165) is 29.5 Å². The molecule has 11 aliphatic rings. The number of nitrogens with one attached hydrogen (secondary N) is 1. The molecule has 8 N–H and O–H groups in total. The van der Waals surface area contributed by atoms with Crippen LogP contribution in [-0.4, -0.2) is 123 Å². The summed E-state index contributed by atoms with van der Waals surface area (Å²) in [4.78, 5) is 30.0. The first-order chi connectivity index (χ1) is 36.5. The zero-order valence-corrected chi connectivity index (χ0v) is 44.3. The SMILES string of the molecule is COc1cc(C=C(CC2c3cc(CCO)ccc3CCC2CO)C(=O)OC2C(OC(=O)CCC3C4C=CC56CC7CCCC(C)C7C7C=CC35C(C=CC6C4C)C7O)C(O)C3OC2(O)C=CC3NCC(C)O)ccc1O. The second-order valence-electron chi connectivity index (χ2n) is 24.4. The van der Waals surface area contributed by atoms with E-state index in [1.165, 1.54) is 32.1 Å². The molecule has 14 heteroatoms. The van der Waals surface area contributed by atoms with Crippen LogP contribution in [0.2, 0.25) is 0 Å². The van der Waals surface area contributed by atoms with E-state index in [1.54, 1.807) is 31.2 Å². The van der Waals surface area contributed by atoms with Gasteiger partial charge in [0.15, 0.2) is 23.7 Å². The van der Waals surface area contributed by atoms with Crippen LogP contribution in [0.5, 0.6) is 11.5 Å². The molecular weight excluding hydrogens is 967 g/mol. The molecule has 0 radical (unpaired) electrons. The van der Waals surface area contributed by atoms with Crippen LogP contribution in [0.25, 0.3) is 6.08 Å². The Balaban J connectivity index is 0.919. The Hall–Kier alpha value is -4.64. The number of esters is 2. The lowest BCUT2D eigenvalue weighted by Crippen LogP contribution is -2.71. The van der Waals surface area contributed by atoms with Gasteiger partial charge in [0.1, 0.15) is 12.2 Å². The Kier molecular flexibility index (Phi) is 14.7. The molecule has 13 rings (SSSR count). The number of aliphatic hydroxyl groups excluding tert-OH is 5. The maximum Gasteiger partial charge on any atom is 0.334 e. The number of hydrogen-bond donors (Lipinski definition) is 8. The molecule has 3 saturated carbocycles. The Morgan fingerprint density at radius 3 is 2.51 bits per heavy atom. The van der Waals surface area contributed by atoms with Crippen LogP contribution in [0.1, 0.15) is 100 Å². The monoisotopic (exact) mass is 1050 g/mol. The van der Waals surface area contributed by atoms with Crippen molar-refractivity contribution in [2.45, 2.75) is 139 Å². The number of aliphatic hydroxyl groups is 6. The molecule has 2 aromatic carbocycles. The number of phenolic OH excluding ortho intramolecular Hbond substituents is 1. The lowest BCUT2D eigenvalue weighted by molar-refractivity contribution is -0.333. The molecule has 2 aromatic rings. The Bertz CT molecular complexity index is 2680. The van der Waals surface area contributed by atoms with Crippen molar-refractivity contribution in [3.05, 3.63) is 113 Å². The first-order valence-electron chi connectivity index (χ1n) is 28.3. The van der Waals surface area contributed by atoms with Gasteiger partial charge in [-0.25, -0.2) is 4.79 Å². The number of allylic oxidation sites excluding steroid dienone is 4. The molecule has 8 bridgehead atoms. The average Bonchev–Trinajstić information content (AvgIpc) is 3.55. The summed E-state index contributed by atoms with van der Waals surface area (Å²) in [6.07, 6.45) is 18.2. The molecule has 21 atom stereocenters. The molecule has 0 amide bonds. The Morgan fingerprint density at radius 2 is 1.74 bits per heavy atom. The lowest BCUT2D eigenvalue weighted by atomic mass is 9.30. The molecule has 2 aliphatic heterocycles. The van der Waals surface area contributed by atoms with Gasteiger partial charge in [0.05, 0.1) is 25.4 Å². The largest absolute Gasteiger partial charge is 0.504 e. The van der Waals surface area contributed by atoms with Crippen LogP contribution in [0.3, 0.4) is 0 Å². The number of hydrogen-bond acceptors (Lipinski definition) is 14. The molecule has 76 heavy (non-hydrogen) atoms. The number of aryl methyl sites for hydroxylation is 1. The second kappa shape index (κ2) is 20.9. The molecule has 2 heterocycles. The topological polar surface area (TPSA) is 225 Å². The minimum Gasteiger partial charge on any atom is -0.504 e. The van der Waals surface area contributed by atoms with E-state index in [9.17, 15) is 40.5 Å². The van der Waals surface area contributed by atoms with Crippen molar-refractivity contribution in [1.29, 1.82) is 0 Å². The van der Waals surface area contributed by atoms with E-state index in [2.05, 4.69) is 55.6 Å². The Morgan fingerprint density at radius 1 is 0.934 bits per heavy atom. The van der Waals surface area contributed by atoms with Crippen molar-refractivity contribution in [1.82, 2.24) is 5.32 Å². The Labute approximate surface area is 446 Å². The van der Waals surface area contributed by atoms with Gasteiger partial charge in [-0.05, 0) is 145 Å².